The number of hydrogen-bond acceptors (Lipinski definition) is 4. The zero-order chi connectivity index (χ0) is 18.8. The lowest BCUT2D eigenvalue weighted by Crippen LogP contribution is -2.36. The highest BCUT2D eigenvalue weighted by atomic mass is 127. The van der Waals surface area contributed by atoms with Gasteiger partial charge in [-0.2, -0.15) is 0 Å². The van der Waals surface area contributed by atoms with Crippen molar-refractivity contribution in [1.82, 2.24) is 15.5 Å². The molecule has 3 aromatic carbocycles. The van der Waals surface area contributed by atoms with E-state index in [4.69, 9.17) is 0 Å². The molecule has 0 atom stereocenters. The Bertz CT molecular complexity index is 1110. The lowest BCUT2D eigenvalue weighted by Gasteiger charge is -2.09. The highest BCUT2D eigenvalue weighted by molar-refractivity contribution is 14.1. The van der Waals surface area contributed by atoms with Gasteiger partial charge in [-0.25, -0.2) is 0 Å². The third-order valence-corrected chi connectivity index (χ3v) is 5.02. The summed E-state index contributed by atoms with van der Waals surface area (Å²) in [5.74, 6) is 0.499. The Labute approximate surface area is 168 Å². The van der Waals surface area contributed by atoms with Crippen LogP contribution in [-0.2, 0) is 0 Å². The summed E-state index contributed by atoms with van der Waals surface area (Å²) in [6.45, 7) is 0. The number of rotatable bonds is 4. The van der Waals surface area contributed by atoms with Crippen molar-refractivity contribution in [1.29, 1.82) is 0 Å². The molecule has 0 fully saturated rings. The molecule has 8 heteroatoms. The van der Waals surface area contributed by atoms with E-state index < -0.39 is 0 Å². The van der Waals surface area contributed by atoms with E-state index in [2.05, 4.69) is 38.1 Å². The lowest BCUT2D eigenvalue weighted by atomic mass is 10.0. The Hall–Kier alpha value is -3.14. The summed E-state index contributed by atoms with van der Waals surface area (Å²) >= 11 is 2.12. The van der Waals surface area contributed by atoms with Gasteiger partial charge in [0.15, 0.2) is 5.21 Å². The third kappa shape index (κ3) is 3.19. The van der Waals surface area contributed by atoms with Crippen LogP contribution in [0.25, 0.3) is 28.2 Å². The highest BCUT2D eigenvalue weighted by Gasteiger charge is 2.30. The molecule has 1 N–H and O–H groups in total. The Kier molecular flexibility index (Phi) is 4.63. The molecule has 1 heterocycles. The van der Waals surface area contributed by atoms with Gasteiger partial charge in [-0.1, -0.05) is 53.7 Å². The van der Waals surface area contributed by atoms with E-state index in [1.165, 1.54) is 4.68 Å². The van der Waals surface area contributed by atoms with Gasteiger partial charge in [0, 0.05) is 3.57 Å². The van der Waals surface area contributed by atoms with Crippen LogP contribution in [0.5, 0.6) is 0 Å². The first-order chi connectivity index (χ1) is 13.2. The van der Waals surface area contributed by atoms with Gasteiger partial charge in [0.2, 0.25) is 5.69 Å². The van der Waals surface area contributed by atoms with Crippen molar-refractivity contribution in [3.63, 3.8) is 0 Å². The summed E-state index contributed by atoms with van der Waals surface area (Å²) in [6, 6.07) is 22.3. The average Bonchev–Trinajstić information content (AvgIpc) is 3.18. The number of halogens is 1. The van der Waals surface area contributed by atoms with Gasteiger partial charge in [-0.3, -0.25) is 10.1 Å². The molecule has 0 saturated heterocycles. The molecule has 0 radical (unpaired) electrons. The second kappa shape index (κ2) is 7.23. The van der Waals surface area contributed by atoms with Crippen molar-refractivity contribution in [2.45, 2.75) is 0 Å². The standard InChI is InChI=1S/C19H12IN5O2/c20-15-11-12-16(18(25(26)27)17(15)13-7-3-1-4-8-13)24-19(21-22-23-24)14-9-5-2-6-10-14/h1-12H/p+1. The molecule has 4 rings (SSSR count). The van der Waals surface area contributed by atoms with Crippen molar-refractivity contribution in [2.75, 3.05) is 0 Å². The van der Waals surface area contributed by atoms with E-state index in [9.17, 15) is 10.1 Å². The molecule has 27 heavy (non-hydrogen) atoms. The minimum Gasteiger partial charge on any atom is -0.258 e. The second-order valence-electron chi connectivity index (χ2n) is 5.74. The molecule has 0 aliphatic heterocycles. The smallest absolute Gasteiger partial charge is 0.258 e. The molecule has 7 nitrogen and oxygen atoms in total. The van der Waals surface area contributed by atoms with Gasteiger partial charge in [-0.15, -0.1) is 4.68 Å². The number of benzene rings is 3. The van der Waals surface area contributed by atoms with Crippen molar-refractivity contribution >= 4 is 28.3 Å². The van der Waals surface area contributed by atoms with Crippen LogP contribution < -0.4 is 4.68 Å². The molecule has 1 aromatic heterocycles. The SMILES string of the molecule is O=[N+]([O-])c1c(-[n+]2[nH]nnc2-c2ccccc2)ccc(I)c1-c1ccccc1. The lowest BCUT2D eigenvalue weighted by molar-refractivity contribution is -0.653. The summed E-state index contributed by atoms with van der Waals surface area (Å²) in [6.07, 6.45) is 0. The number of nitrogens with one attached hydrogen (secondary N) is 1. The number of nitrogens with zero attached hydrogens (tertiary/aromatic N) is 4. The van der Waals surface area contributed by atoms with E-state index in [0.717, 1.165) is 14.7 Å². The van der Waals surface area contributed by atoms with Crippen LogP contribution in [-0.4, -0.2) is 20.4 Å². The Morgan fingerprint density at radius 3 is 2.19 bits per heavy atom. The van der Waals surface area contributed by atoms with Gasteiger partial charge < -0.3 is 0 Å². The maximum Gasteiger partial charge on any atom is 0.337 e. The first-order valence-corrected chi connectivity index (χ1v) is 9.16. The molecule has 132 valence electrons. The first-order valence-electron chi connectivity index (χ1n) is 8.08. The number of H-pyrrole nitrogens is 1. The molecule has 4 aromatic rings. The number of nitro groups is 1. The topological polar surface area (TPSA) is 88.6 Å². The number of hydrogen-bond donors (Lipinski definition) is 1. The van der Waals surface area contributed by atoms with Crippen LogP contribution >= 0.6 is 22.6 Å². The van der Waals surface area contributed by atoms with Gasteiger partial charge in [0.05, 0.1) is 16.1 Å². The fourth-order valence-corrected chi connectivity index (χ4v) is 3.70. The molecule has 0 aliphatic rings. The number of tetrazole rings is 1. The summed E-state index contributed by atoms with van der Waals surface area (Å²) < 4.78 is 2.33. The summed E-state index contributed by atoms with van der Waals surface area (Å²) in [7, 11) is 0. The quantitative estimate of drug-likeness (QED) is 0.212. The predicted molar refractivity (Wildman–Crippen MR) is 108 cm³/mol. The first kappa shape index (κ1) is 17.3. The van der Waals surface area contributed by atoms with Crippen molar-refractivity contribution in [3.05, 3.63) is 86.5 Å². The van der Waals surface area contributed by atoms with Crippen molar-refractivity contribution in [3.8, 4) is 28.2 Å². The van der Waals surface area contributed by atoms with Crippen LogP contribution in [0.15, 0.2) is 72.8 Å². The average molecular weight is 470 g/mol. The van der Waals surface area contributed by atoms with Gasteiger partial charge in [0.25, 0.3) is 0 Å². The second-order valence-corrected chi connectivity index (χ2v) is 6.90. The van der Waals surface area contributed by atoms with E-state index in [-0.39, 0.29) is 10.6 Å². The normalized spacial score (nSPS) is 10.7. The number of aromatic amines is 1. The monoisotopic (exact) mass is 470 g/mol. The van der Waals surface area contributed by atoms with Crippen LogP contribution in [0.4, 0.5) is 5.69 Å². The minimum absolute atomic E-state index is 0.00123. The maximum absolute atomic E-state index is 12.0. The molecule has 0 saturated carbocycles. The Morgan fingerprint density at radius 1 is 0.926 bits per heavy atom. The van der Waals surface area contributed by atoms with Gasteiger partial charge in [-0.05, 0) is 52.4 Å². The summed E-state index contributed by atoms with van der Waals surface area (Å²) in [4.78, 5) is 11.7. The fourth-order valence-electron chi connectivity index (χ4n) is 2.95. The molecule has 0 aliphatic carbocycles. The maximum atomic E-state index is 12.0. The zero-order valence-corrected chi connectivity index (χ0v) is 16.1. The van der Waals surface area contributed by atoms with E-state index in [1.54, 1.807) is 6.07 Å². The van der Waals surface area contributed by atoms with Crippen molar-refractivity contribution < 1.29 is 9.61 Å². The zero-order valence-electron chi connectivity index (χ0n) is 13.9. The summed E-state index contributed by atoms with van der Waals surface area (Å²) in [5.41, 5.74) is 2.54. The number of aromatic nitrogens is 4. The third-order valence-electron chi connectivity index (χ3n) is 4.12. The molecule has 0 bridgehead atoms. The predicted octanol–water partition coefficient (Wildman–Crippen LogP) is 3.93. The van der Waals surface area contributed by atoms with E-state index in [0.29, 0.717) is 17.1 Å². The molecule has 0 unspecified atom stereocenters. The van der Waals surface area contributed by atoms with Crippen molar-refractivity contribution in [2.24, 2.45) is 0 Å². The molecular formula is C19H13IN5O2+. The molecule has 0 spiro atoms. The van der Waals surface area contributed by atoms with Crippen LogP contribution in [0.2, 0.25) is 0 Å². The minimum atomic E-state index is -0.359. The highest BCUT2D eigenvalue weighted by Crippen LogP contribution is 2.37. The molecule has 0 amide bonds. The molecular weight excluding hydrogens is 457 g/mol. The Morgan fingerprint density at radius 2 is 1.56 bits per heavy atom. The Balaban J connectivity index is 1.99. The number of nitro benzene ring substituents is 1. The summed E-state index contributed by atoms with van der Waals surface area (Å²) in [5, 5.41) is 22.8. The van der Waals surface area contributed by atoms with Gasteiger partial charge in [0.1, 0.15) is 5.10 Å². The fraction of sp³-hybridized carbons (Fsp3) is 0. The van der Waals surface area contributed by atoms with Crippen LogP contribution in [0, 0.1) is 13.7 Å². The van der Waals surface area contributed by atoms with E-state index in [1.807, 2.05) is 66.7 Å². The van der Waals surface area contributed by atoms with E-state index >= 15 is 0 Å². The van der Waals surface area contributed by atoms with Crippen LogP contribution in [0.1, 0.15) is 0 Å². The van der Waals surface area contributed by atoms with Crippen LogP contribution in [0.3, 0.4) is 0 Å². The van der Waals surface area contributed by atoms with Gasteiger partial charge >= 0.3 is 11.5 Å². The largest absolute Gasteiger partial charge is 0.337 e.